The number of hydroxylamine groups is 2. The van der Waals surface area contributed by atoms with Crippen LogP contribution in [0.3, 0.4) is 0 Å². The van der Waals surface area contributed by atoms with E-state index in [1.807, 2.05) is 0 Å². The molecule has 0 aromatic carbocycles. The van der Waals surface area contributed by atoms with Gasteiger partial charge in [-0.25, -0.2) is 9.59 Å². The van der Waals surface area contributed by atoms with Crippen molar-refractivity contribution < 1.29 is 28.9 Å². The van der Waals surface area contributed by atoms with Crippen LogP contribution >= 0.6 is 0 Å². The van der Waals surface area contributed by atoms with Gasteiger partial charge in [0.25, 0.3) is 11.8 Å². The third-order valence-electron chi connectivity index (χ3n) is 1.62. The van der Waals surface area contributed by atoms with Crippen molar-refractivity contribution in [2.24, 2.45) is 0 Å². The third kappa shape index (κ3) is 7.43. The van der Waals surface area contributed by atoms with Gasteiger partial charge in [0.2, 0.25) is 0 Å². The van der Waals surface area contributed by atoms with Crippen LogP contribution in [0.4, 0.5) is 0 Å². The molecule has 0 atom stereocenters. The molecular weight excluding hydrogens is 268 g/mol. The Morgan fingerprint density at radius 1 is 0.800 bits per heavy atom. The maximum Gasteiger partial charge on any atom is 0.356 e. The van der Waals surface area contributed by atoms with Crippen LogP contribution < -0.4 is 11.0 Å². The largest absolute Gasteiger partial charge is 0.356 e. The first-order valence-corrected chi connectivity index (χ1v) is 5.25. The molecule has 0 heterocycles. The van der Waals surface area contributed by atoms with E-state index >= 15 is 0 Å². The van der Waals surface area contributed by atoms with Crippen LogP contribution in [-0.2, 0) is 28.9 Å². The summed E-state index contributed by atoms with van der Waals surface area (Å²) in [4.78, 5) is 52.6. The van der Waals surface area contributed by atoms with Gasteiger partial charge in [-0.2, -0.15) is 11.0 Å². The summed E-state index contributed by atoms with van der Waals surface area (Å²) in [6.07, 6.45) is 1.40. The van der Waals surface area contributed by atoms with Gasteiger partial charge >= 0.3 is 11.9 Å². The summed E-state index contributed by atoms with van der Waals surface area (Å²) in [6, 6.07) is 0. The van der Waals surface area contributed by atoms with E-state index in [2.05, 4.69) is 22.8 Å². The van der Waals surface area contributed by atoms with Crippen molar-refractivity contribution in [1.82, 2.24) is 11.0 Å². The molecule has 0 aromatic heterocycles. The Bertz CT molecular complexity index is 448. The first-order chi connectivity index (χ1) is 9.23. The van der Waals surface area contributed by atoms with E-state index in [1.165, 1.54) is 13.8 Å². The highest BCUT2D eigenvalue weighted by Gasteiger charge is 2.07. The fourth-order valence-corrected chi connectivity index (χ4v) is 0.572. The van der Waals surface area contributed by atoms with Gasteiger partial charge in [-0.1, -0.05) is 13.2 Å². The van der Waals surface area contributed by atoms with E-state index in [9.17, 15) is 19.2 Å². The molecule has 2 N–H and O–H groups in total. The molecule has 2 amide bonds. The number of nitrogens with one attached hydrogen (secondary N) is 2. The van der Waals surface area contributed by atoms with Crippen molar-refractivity contribution >= 4 is 23.8 Å². The van der Waals surface area contributed by atoms with Crippen molar-refractivity contribution in [3.05, 3.63) is 36.5 Å². The zero-order valence-corrected chi connectivity index (χ0v) is 11.0. The number of rotatable bonds is 4. The van der Waals surface area contributed by atoms with Gasteiger partial charge in [-0.05, 0) is 13.8 Å². The third-order valence-corrected chi connectivity index (χ3v) is 1.62. The number of hydrogen-bond acceptors (Lipinski definition) is 6. The van der Waals surface area contributed by atoms with E-state index < -0.39 is 23.8 Å². The van der Waals surface area contributed by atoms with Gasteiger partial charge < -0.3 is 9.68 Å². The SMILES string of the molecule is C=C(C)C(=O)NOC(=O)/C=C\C(=O)ONC(=O)C(=C)C. The average molecular weight is 282 g/mol. The molecule has 0 aliphatic rings. The maximum atomic E-state index is 11.1. The zero-order chi connectivity index (χ0) is 15.7. The highest BCUT2D eigenvalue weighted by atomic mass is 16.7. The summed E-state index contributed by atoms with van der Waals surface area (Å²) in [5.41, 5.74) is 3.88. The van der Waals surface area contributed by atoms with Crippen LogP contribution in [0.1, 0.15) is 13.8 Å². The predicted octanol–water partition coefficient (Wildman–Crippen LogP) is -0.156. The summed E-state index contributed by atoms with van der Waals surface area (Å²) < 4.78 is 0. The molecule has 8 nitrogen and oxygen atoms in total. The topological polar surface area (TPSA) is 111 Å². The standard InChI is InChI=1S/C12H14N2O6/c1-7(2)11(17)13-19-9(15)5-6-10(16)20-14-12(18)8(3)4/h5-6H,1,3H2,2,4H3,(H,13,17)(H,14,18)/b6-5-. The van der Waals surface area contributed by atoms with Crippen molar-refractivity contribution in [2.45, 2.75) is 13.8 Å². The van der Waals surface area contributed by atoms with E-state index in [-0.39, 0.29) is 11.1 Å². The first kappa shape index (κ1) is 17.1. The van der Waals surface area contributed by atoms with E-state index in [0.717, 1.165) is 0 Å². The van der Waals surface area contributed by atoms with E-state index in [1.54, 1.807) is 11.0 Å². The number of carbonyl (C=O) groups is 4. The smallest absolute Gasteiger partial charge is 0.336 e. The van der Waals surface area contributed by atoms with E-state index in [0.29, 0.717) is 12.2 Å². The second-order valence-corrected chi connectivity index (χ2v) is 3.60. The second kappa shape index (κ2) is 8.25. The van der Waals surface area contributed by atoms with E-state index in [4.69, 9.17) is 0 Å². The van der Waals surface area contributed by atoms with Crippen LogP contribution in [0.15, 0.2) is 36.5 Å². The molecule has 0 fully saturated rings. The van der Waals surface area contributed by atoms with Crippen LogP contribution in [0.2, 0.25) is 0 Å². The number of hydrogen-bond donors (Lipinski definition) is 2. The van der Waals surface area contributed by atoms with Gasteiger partial charge in [-0.3, -0.25) is 9.59 Å². The van der Waals surface area contributed by atoms with Gasteiger partial charge in [0.1, 0.15) is 0 Å². The first-order valence-electron chi connectivity index (χ1n) is 5.25. The monoisotopic (exact) mass is 282 g/mol. The normalized spacial score (nSPS) is 9.50. The minimum Gasteiger partial charge on any atom is -0.336 e. The highest BCUT2D eigenvalue weighted by molar-refractivity contribution is 5.96. The number of amides is 2. The molecular formula is C12H14N2O6. The Hall–Kier alpha value is -2.90. The second-order valence-electron chi connectivity index (χ2n) is 3.60. The molecule has 0 unspecified atom stereocenters. The molecule has 0 rings (SSSR count). The molecule has 0 spiro atoms. The molecule has 20 heavy (non-hydrogen) atoms. The van der Waals surface area contributed by atoms with Crippen LogP contribution in [-0.4, -0.2) is 23.8 Å². The summed E-state index contributed by atoms with van der Waals surface area (Å²) >= 11 is 0. The number of carbonyl (C=O) groups excluding carboxylic acids is 4. The lowest BCUT2D eigenvalue weighted by atomic mass is 10.3. The molecule has 0 aliphatic heterocycles. The molecule has 0 aliphatic carbocycles. The Morgan fingerprint density at radius 3 is 1.35 bits per heavy atom. The van der Waals surface area contributed by atoms with Crippen LogP contribution in [0.5, 0.6) is 0 Å². The molecule has 8 heteroatoms. The highest BCUT2D eigenvalue weighted by Crippen LogP contribution is 1.89. The Kier molecular flexibility index (Phi) is 7.05. The quantitative estimate of drug-likeness (QED) is 0.547. The minimum atomic E-state index is -1.01. The zero-order valence-electron chi connectivity index (χ0n) is 11.0. The fraction of sp³-hybridized carbons (Fsp3) is 0.167. The van der Waals surface area contributed by atoms with Crippen molar-refractivity contribution in [3.8, 4) is 0 Å². The summed E-state index contributed by atoms with van der Waals surface area (Å²) in [7, 11) is 0. The lowest BCUT2D eigenvalue weighted by Gasteiger charge is -2.03. The molecule has 0 saturated carbocycles. The fourth-order valence-electron chi connectivity index (χ4n) is 0.572. The lowest BCUT2D eigenvalue weighted by Crippen LogP contribution is -2.27. The molecule has 0 saturated heterocycles. The maximum absolute atomic E-state index is 11.1. The predicted molar refractivity (Wildman–Crippen MR) is 67.2 cm³/mol. The van der Waals surface area contributed by atoms with Gasteiger partial charge in [0.05, 0.1) is 0 Å². The van der Waals surface area contributed by atoms with Crippen LogP contribution in [0.25, 0.3) is 0 Å². The molecule has 0 radical (unpaired) electrons. The van der Waals surface area contributed by atoms with Crippen molar-refractivity contribution in [1.29, 1.82) is 0 Å². The molecule has 0 bridgehead atoms. The molecule has 0 aromatic rings. The Labute approximate surface area is 115 Å². The summed E-state index contributed by atoms with van der Waals surface area (Å²) in [5.74, 6) is -3.38. The Morgan fingerprint density at radius 2 is 1.10 bits per heavy atom. The Balaban J connectivity index is 4.09. The minimum absolute atomic E-state index is 0.142. The summed E-state index contributed by atoms with van der Waals surface area (Å²) in [5, 5.41) is 0. The lowest BCUT2D eigenvalue weighted by molar-refractivity contribution is -0.153. The summed E-state index contributed by atoms with van der Waals surface area (Å²) in [6.45, 7) is 9.47. The average Bonchev–Trinajstić information content (AvgIpc) is 2.39. The van der Waals surface area contributed by atoms with Gasteiger partial charge in [0, 0.05) is 23.3 Å². The van der Waals surface area contributed by atoms with Crippen LogP contribution in [0, 0.1) is 0 Å². The van der Waals surface area contributed by atoms with Gasteiger partial charge in [0.15, 0.2) is 0 Å². The molecule has 108 valence electrons. The van der Waals surface area contributed by atoms with Crippen molar-refractivity contribution in [3.63, 3.8) is 0 Å². The van der Waals surface area contributed by atoms with Gasteiger partial charge in [-0.15, -0.1) is 0 Å². The van der Waals surface area contributed by atoms with Crippen molar-refractivity contribution in [2.75, 3.05) is 0 Å².